The second-order valence-corrected chi connectivity index (χ2v) is 5.19. The van der Waals surface area contributed by atoms with E-state index in [9.17, 15) is 0 Å². The predicted octanol–water partition coefficient (Wildman–Crippen LogP) is 4.43. The van der Waals surface area contributed by atoms with Gasteiger partial charge >= 0.3 is 0 Å². The molecule has 0 spiro atoms. The summed E-state index contributed by atoms with van der Waals surface area (Å²) in [6, 6.07) is 3.67. The molecule has 0 aromatic heterocycles. The van der Waals surface area contributed by atoms with Crippen molar-refractivity contribution in [2.24, 2.45) is 5.92 Å². The molecule has 0 heterocycles. The fraction of sp³-hybridized carbons (Fsp3) is 0.600. The van der Waals surface area contributed by atoms with E-state index in [1.807, 2.05) is 12.1 Å². The molecule has 0 fully saturated rings. The number of halogens is 1. The Morgan fingerprint density at radius 1 is 1.05 bits per heavy atom. The van der Waals surface area contributed by atoms with Crippen molar-refractivity contribution in [3.8, 4) is 17.2 Å². The molecule has 1 rings (SSSR count). The van der Waals surface area contributed by atoms with E-state index >= 15 is 0 Å². The predicted molar refractivity (Wildman–Crippen MR) is 78.8 cm³/mol. The van der Waals surface area contributed by atoms with E-state index < -0.39 is 0 Å². The minimum Gasteiger partial charge on any atom is -0.496 e. The highest BCUT2D eigenvalue weighted by molar-refractivity contribution is 6.21. The molecule has 0 aliphatic carbocycles. The van der Waals surface area contributed by atoms with Crippen molar-refractivity contribution in [2.45, 2.75) is 32.1 Å². The van der Waals surface area contributed by atoms with Gasteiger partial charge in [0, 0.05) is 12.1 Å². The Morgan fingerprint density at radius 3 is 1.95 bits per heavy atom. The van der Waals surface area contributed by atoms with Crippen LogP contribution in [0.5, 0.6) is 17.2 Å². The summed E-state index contributed by atoms with van der Waals surface area (Å²) in [7, 11) is 4.88. The van der Waals surface area contributed by atoms with Gasteiger partial charge in [-0.2, -0.15) is 0 Å². The van der Waals surface area contributed by atoms with Gasteiger partial charge in [0.05, 0.1) is 32.3 Å². The highest BCUT2D eigenvalue weighted by Gasteiger charge is 2.22. The molecular formula is C15H23ClO3. The lowest BCUT2D eigenvalue weighted by molar-refractivity contribution is 0.364. The van der Waals surface area contributed by atoms with Gasteiger partial charge in [-0.25, -0.2) is 0 Å². The summed E-state index contributed by atoms with van der Waals surface area (Å²) in [6.45, 7) is 4.36. The molecule has 1 aromatic rings. The average Bonchev–Trinajstić information content (AvgIpc) is 2.44. The molecule has 3 nitrogen and oxygen atoms in total. The second-order valence-electron chi connectivity index (χ2n) is 4.66. The minimum atomic E-state index is -0.134. The average molecular weight is 287 g/mol. The number of methoxy groups -OCH3 is 3. The fourth-order valence-electron chi connectivity index (χ4n) is 1.98. The van der Waals surface area contributed by atoms with E-state index in [1.165, 1.54) is 0 Å². The maximum atomic E-state index is 6.54. The van der Waals surface area contributed by atoms with Crippen molar-refractivity contribution in [1.82, 2.24) is 0 Å². The third-order valence-electron chi connectivity index (χ3n) is 3.37. The Bertz CT molecular complexity index is 381. The van der Waals surface area contributed by atoms with Crippen molar-refractivity contribution >= 4 is 11.6 Å². The molecule has 108 valence electrons. The zero-order valence-electron chi connectivity index (χ0n) is 12.3. The number of alkyl halides is 1. The highest BCUT2D eigenvalue weighted by atomic mass is 35.5. The third-order valence-corrected chi connectivity index (χ3v) is 3.77. The number of ether oxygens (including phenoxy) is 3. The summed E-state index contributed by atoms with van der Waals surface area (Å²) in [6.07, 6.45) is 1.99. The van der Waals surface area contributed by atoms with Crippen LogP contribution < -0.4 is 14.2 Å². The van der Waals surface area contributed by atoms with E-state index in [-0.39, 0.29) is 5.38 Å². The van der Waals surface area contributed by atoms with Crippen LogP contribution in [0.3, 0.4) is 0 Å². The lowest BCUT2D eigenvalue weighted by Gasteiger charge is -2.20. The van der Waals surface area contributed by atoms with Crippen molar-refractivity contribution in [1.29, 1.82) is 0 Å². The maximum absolute atomic E-state index is 6.54. The Kier molecular flexibility index (Phi) is 6.29. The number of benzene rings is 1. The molecule has 0 saturated carbocycles. The van der Waals surface area contributed by atoms with Gasteiger partial charge in [-0.05, 0) is 12.3 Å². The Morgan fingerprint density at radius 2 is 1.58 bits per heavy atom. The van der Waals surface area contributed by atoms with Gasteiger partial charge < -0.3 is 14.2 Å². The monoisotopic (exact) mass is 286 g/mol. The molecule has 0 aliphatic heterocycles. The van der Waals surface area contributed by atoms with E-state index in [0.29, 0.717) is 23.2 Å². The molecule has 0 amide bonds. The van der Waals surface area contributed by atoms with Gasteiger partial charge in [0.2, 0.25) is 0 Å². The van der Waals surface area contributed by atoms with E-state index in [4.69, 9.17) is 25.8 Å². The molecule has 0 bridgehead atoms. The zero-order chi connectivity index (χ0) is 14.4. The van der Waals surface area contributed by atoms with Crippen molar-refractivity contribution in [3.63, 3.8) is 0 Å². The van der Waals surface area contributed by atoms with Crippen LogP contribution in [0.2, 0.25) is 0 Å². The Hall–Kier alpha value is -1.09. The van der Waals surface area contributed by atoms with Crippen LogP contribution >= 0.6 is 11.6 Å². The molecule has 2 atom stereocenters. The summed E-state index contributed by atoms with van der Waals surface area (Å²) in [5.74, 6) is 2.67. The maximum Gasteiger partial charge on any atom is 0.130 e. The molecule has 0 N–H and O–H groups in total. The lowest BCUT2D eigenvalue weighted by atomic mass is 9.97. The molecule has 19 heavy (non-hydrogen) atoms. The first-order valence-corrected chi connectivity index (χ1v) is 6.94. The van der Waals surface area contributed by atoms with Crippen LogP contribution in [0.25, 0.3) is 0 Å². The molecular weight excluding hydrogens is 264 g/mol. The molecule has 4 heteroatoms. The summed E-state index contributed by atoms with van der Waals surface area (Å²) in [4.78, 5) is 0. The summed E-state index contributed by atoms with van der Waals surface area (Å²) in [5.41, 5.74) is 0.896. The number of rotatable bonds is 7. The highest BCUT2D eigenvalue weighted by Crippen LogP contribution is 2.43. The molecule has 2 unspecified atom stereocenters. The number of hydrogen-bond donors (Lipinski definition) is 0. The second kappa shape index (κ2) is 7.49. The normalized spacial score (nSPS) is 13.8. The van der Waals surface area contributed by atoms with Gasteiger partial charge in [-0.15, -0.1) is 11.6 Å². The smallest absolute Gasteiger partial charge is 0.130 e. The zero-order valence-corrected chi connectivity index (χ0v) is 13.1. The van der Waals surface area contributed by atoms with Crippen molar-refractivity contribution in [2.75, 3.05) is 21.3 Å². The van der Waals surface area contributed by atoms with Gasteiger partial charge in [-0.1, -0.05) is 20.3 Å². The minimum absolute atomic E-state index is 0.134. The van der Waals surface area contributed by atoms with Crippen LogP contribution in [-0.2, 0) is 0 Å². The first-order valence-electron chi connectivity index (χ1n) is 6.51. The van der Waals surface area contributed by atoms with Crippen molar-refractivity contribution < 1.29 is 14.2 Å². The SMILES string of the molecule is CCC(C)CC(Cl)c1c(OC)cc(OC)cc1OC. The van der Waals surface area contributed by atoms with Crippen LogP contribution in [0.15, 0.2) is 12.1 Å². The van der Waals surface area contributed by atoms with Crippen LogP contribution in [0, 0.1) is 5.92 Å². The first kappa shape index (κ1) is 16.0. The van der Waals surface area contributed by atoms with Gasteiger partial charge in [0.1, 0.15) is 17.2 Å². The van der Waals surface area contributed by atoms with E-state index in [2.05, 4.69) is 13.8 Å². The number of hydrogen-bond acceptors (Lipinski definition) is 3. The first-order chi connectivity index (χ1) is 9.07. The van der Waals surface area contributed by atoms with Crippen molar-refractivity contribution in [3.05, 3.63) is 17.7 Å². The third kappa shape index (κ3) is 3.93. The van der Waals surface area contributed by atoms with Crippen LogP contribution in [0.4, 0.5) is 0 Å². The quantitative estimate of drug-likeness (QED) is 0.694. The Labute approximate surface area is 120 Å². The molecule has 1 aromatic carbocycles. The largest absolute Gasteiger partial charge is 0.496 e. The van der Waals surface area contributed by atoms with Gasteiger partial charge in [-0.3, -0.25) is 0 Å². The van der Waals surface area contributed by atoms with Crippen LogP contribution in [0.1, 0.15) is 37.6 Å². The van der Waals surface area contributed by atoms with Crippen LogP contribution in [-0.4, -0.2) is 21.3 Å². The van der Waals surface area contributed by atoms with Gasteiger partial charge in [0.25, 0.3) is 0 Å². The van der Waals surface area contributed by atoms with Gasteiger partial charge in [0.15, 0.2) is 0 Å². The standard InChI is InChI=1S/C15H23ClO3/c1-6-10(2)7-12(16)15-13(18-4)8-11(17-3)9-14(15)19-5/h8-10,12H,6-7H2,1-5H3. The Balaban J connectivity index is 3.15. The topological polar surface area (TPSA) is 27.7 Å². The lowest BCUT2D eigenvalue weighted by Crippen LogP contribution is -2.04. The fourth-order valence-corrected chi connectivity index (χ4v) is 2.50. The molecule has 0 saturated heterocycles. The van der Waals surface area contributed by atoms with E-state index in [1.54, 1.807) is 21.3 Å². The molecule has 0 aliphatic rings. The summed E-state index contributed by atoms with van der Waals surface area (Å²) >= 11 is 6.54. The summed E-state index contributed by atoms with van der Waals surface area (Å²) < 4.78 is 16.1. The van der Waals surface area contributed by atoms with E-state index in [0.717, 1.165) is 18.4 Å². The summed E-state index contributed by atoms with van der Waals surface area (Å²) in [5, 5.41) is -0.134. The molecule has 0 radical (unpaired) electrons.